The second kappa shape index (κ2) is 9.12. The first-order valence-electron chi connectivity index (χ1n) is 10.9. The number of rotatable bonds is 5. The molecule has 0 saturated carbocycles. The first-order valence-corrected chi connectivity index (χ1v) is 12.3. The zero-order valence-electron chi connectivity index (χ0n) is 19.8. The average molecular weight is 466 g/mol. The molecule has 1 aliphatic rings. The summed E-state index contributed by atoms with van der Waals surface area (Å²) < 4.78 is 36.6. The summed E-state index contributed by atoms with van der Waals surface area (Å²) in [5.74, 6) is 0.0506. The van der Waals surface area contributed by atoms with Gasteiger partial charge in [-0.15, -0.1) is 0 Å². The third-order valence-corrected chi connectivity index (χ3v) is 6.83. The zero-order valence-corrected chi connectivity index (χ0v) is 20.6. The van der Waals surface area contributed by atoms with Gasteiger partial charge in [-0.1, -0.05) is 45.9 Å². The summed E-state index contributed by atoms with van der Waals surface area (Å²) in [5, 5.41) is 10.5. The van der Waals surface area contributed by atoms with Crippen LogP contribution in [0.4, 0.5) is 0 Å². The van der Waals surface area contributed by atoms with Gasteiger partial charge in [0.2, 0.25) is 0 Å². The molecule has 0 unspecified atom stereocenters. The topological polar surface area (TPSA) is 94.5 Å². The molecule has 2 aromatic carbocycles. The van der Waals surface area contributed by atoms with Gasteiger partial charge in [0.15, 0.2) is 5.78 Å². The van der Waals surface area contributed by atoms with Crippen molar-refractivity contribution in [3.63, 3.8) is 0 Å². The van der Waals surface area contributed by atoms with E-state index < -0.39 is 10.1 Å². The molecule has 3 rings (SSSR count). The van der Waals surface area contributed by atoms with E-state index in [9.17, 15) is 22.9 Å². The molecule has 0 atom stereocenters. The molecule has 6 heteroatoms. The van der Waals surface area contributed by atoms with Crippen molar-refractivity contribution in [2.75, 3.05) is 0 Å². The van der Waals surface area contributed by atoms with E-state index in [0.29, 0.717) is 33.4 Å². The molecular formula is C27H29O5S-. The number of allylic oxidation sites excluding steroid dienone is 5. The molecule has 0 aromatic heterocycles. The van der Waals surface area contributed by atoms with Crippen LogP contribution in [-0.2, 0) is 14.9 Å². The van der Waals surface area contributed by atoms with Gasteiger partial charge in [0.1, 0.15) is 15.9 Å². The van der Waals surface area contributed by atoms with E-state index in [2.05, 4.69) is 0 Å². The third kappa shape index (κ3) is 4.87. The summed E-state index contributed by atoms with van der Waals surface area (Å²) >= 11 is 0. The van der Waals surface area contributed by atoms with Gasteiger partial charge in [-0.3, -0.25) is 4.79 Å². The summed E-state index contributed by atoms with van der Waals surface area (Å²) in [6.07, 6.45) is 3.35. The predicted octanol–water partition coefficient (Wildman–Crippen LogP) is 5.64. The van der Waals surface area contributed by atoms with Crippen molar-refractivity contribution < 1.29 is 22.9 Å². The first kappa shape index (κ1) is 24.7. The molecule has 2 aromatic rings. The monoisotopic (exact) mass is 465 g/mol. The molecule has 33 heavy (non-hydrogen) atoms. The van der Waals surface area contributed by atoms with Crippen molar-refractivity contribution in [1.82, 2.24) is 0 Å². The highest BCUT2D eigenvalue weighted by Gasteiger charge is 2.25. The SMILES string of the molecule is CC1=CC(=O)C(C(C)C)=C/C1=C(/c1cc(C(C)C)c(O)cc1C)c1ccccc1S(=O)(=O)[O-]. The van der Waals surface area contributed by atoms with Gasteiger partial charge in [-0.25, -0.2) is 8.42 Å². The summed E-state index contributed by atoms with van der Waals surface area (Å²) in [5.41, 5.74) is 4.91. The molecule has 1 N–H and O–H groups in total. The maximum atomic E-state index is 12.6. The molecule has 0 amide bonds. The fourth-order valence-electron chi connectivity index (χ4n) is 4.19. The van der Waals surface area contributed by atoms with E-state index in [1.165, 1.54) is 12.1 Å². The van der Waals surface area contributed by atoms with Gasteiger partial charge < -0.3 is 9.66 Å². The van der Waals surface area contributed by atoms with Crippen LogP contribution in [0, 0.1) is 12.8 Å². The number of aryl methyl sites for hydroxylation is 1. The molecule has 0 saturated heterocycles. The van der Waals surface area contributed by atoms with Gasteiger partial charge in [0.05, 0.1) is 4.90 Å². The van der Waals surface area contributed by atoms with Gasteiger partial charge in [0.25, 0.3) is 0 Å². The minimum absolute atomic E-state index is 0.0143. The molecule has 174 valence electrons. The number of hydrogen-bond acceptors (Lipinski definition) is 5. The largest absolute Gasteiger partial charge is 0.744 e. The lowest BCUT2D eigenvalue weighted by atomic mass is 9.81. The number of phenols is 1. The number of aromatic hydroxyl groups is 1. The lowest BCUT2D eigenvalue weighted by Gasteiger charge is -2.24. The van der Waals surface area contributed by atoms with E-state index in [1.54, 1.807) is 37.3 Å². The van der Waals surface area contributed by atoms with Crippen LogP contribution in [-0.4, -0.2) is 23.9 Å². The maximum Gasteiger partial charge on any atom is 0.182 e. The van der Waals surface area contributed by atoms with Crippen molar-refractivity contribution in [2.24, 2.45) is 5.92 Å². The van der Waals surface area contributed by atoms with Gasteiger partial charge in [0, 0.05) is 11.1 Å². The molecule has 0 bridgehead atoms. The fraction of sp³-hybridized carbons (Fsp3) is 0.296. The second-order valence-electron chi connectivity index (χ2n) is 9.07. The molecule has 0 spiro atoms. The third-order valence-electron chi connectivity index (χ3n) is 5.94. The Bertz CT molecular complexity index is 1320. The van der Waals surface area contributed by atoms with Crippen LogP contribution in [0.3, 0.4) is 0 Å². The lowest BCUT2D eigenvalue weighted by molar-refractivity contribution is -0.111. The average Bonchev–Trinajstić information content (AvgIpc) is 2.70. The van der Waals surface area contributed by atoms with Crippen LogP contribution in [0.2, 0.25) is 0 Å². The summed E-state index contributed by atoms with van der Waals surface area (Å²) in [6, 6.07) is 9.61. The summed E-state index contributed by atoms with van der Waals surface area (Å²) in [4.78, 5) is 12.3. The maximum absolute atomic E-state index is 12.6. The standard InChI is InChI=1S/C27H30O5S/c1-15(2)20-13-22(17(5)11-24(20)28)27(19-9-7-8-10-26(19)33(30,31)32)23-14-21(16(3)4)25(29)12-18(23)6/h7-16,28H,1-6H3,(H,30,31,32)/p-1/b27-23-. The van der Waals surface area contributed by atoms with E-state index in [1.807, 2.05) is 40.7 Å². The van der Waals surface area contributed by atoms with Crippen LogP contribution in [0.25, 0.3) is 5.57 Å². The minimum Gasteiger partial charge on any atom is -0.744 e. The summed E-state index contributed by atoms with van der Waals surface area (Å²) in [7, 11) is -4.77. The van der Waals surface area contributed by atoms with Crippen molar-refractivity contribution >= 4 is 21.5 Å². The molecule has 0 radical (unpaired) electrons. The van der Waals surface area contributed by atoms with Crippen LogP contribution in [0.5, 0.6) is 5.75 Å². The molecular weight excluding hydrogens is 436 g/mol. The van der Waals surface area contributed by atoms with E-state index in [4.69, 9.17) is 0 Å². The number of benzene rings is 2. The first-order chi connectivity index (χ1) is 15.3. The molecule has 0 heterocycles. The molecule has 1 aliphatic carbocycles. The van der Waals surface area contributed by atoms with Gasteiger partial charge in [-0.05, 0) is 89.4 Å². The van der Waals surface area contributed by atoms with Crippen LogP contribution in [0.15, 0.2) is 70.2 Å². The highest BCUT2D eigenvalue weighted by molar-refractivity contribution is 7.85. The second-order valence-corrected chi connectivity index (χ2v) is 10.4. The Morgan fingerprint density at radius 3 is 2.15 bits per heavy atom. The van der Waals surface area contributed by atoms with E-state index >= 15 is 0 Å². The van der Waals surface area contributed by atoms with Crippen LogP contribution in [0.1, 0.15) is 62.8 Å². The molecule has 5 nitrogen and oxygen atoms in total. The van der Waals surface area contributed by atoms with Crippen LogP contribution >= 0.6 is 0 Å². The number of carbonyl (C=O) groups excluding carboxylic acids is 1. The molecule has 0 fully saturated rings. The minimum atomic E-state index is -4.77. The predicted molar refractivity (Wildman–Crippen MR) is 129 cm³/mol. The Morgan fingerprint density at radius 1 is 0.939 bits per heavy atom. The number of phenolic OH excluding ortho intramolecular Hbond substituents is 1. The Morgan fingerprint density at radius 2 is 1.58 bits per heavy atom. The smallest absolute Gasteiger partial charge is 0.182 e. The Balaban J connectivity index is 2.54. The normalized spacial score (nSPS) is 16.2. The van der Waals surface area contributed by atoms with Crippen molar-refractivity contribution in [2.45, 2.75) is 52.4 Å². The van der Waals surface area contributed by atoms with E-state index in [-0.39, 0.29) is 33.8 Å². The quantitative estimate of drug-likeness (QED) is 0.577. The lowest BCUT2D eigenvalue weighted by Crippen LogP contribution is -2.13. The van der Waals surface area contributed by atoms with Crippen molar-refractivity contribution in [3.8, 4) is 5.75 Å². The fourth-order valence-corrected chi connectivity index (χ4v) is 4.87. The van der Waals surface area contributed by atoms with Gasteiger partial charge in [-0.2, -0.15) is 0 Å². The number of carbonyl (C=O) groups is 1. The van der Waals surface area contributed by atoms with Crippen molar-refractivity contribution in [3.05, 3.63) is 87.5 Å². The van der Waals surface area contributed by atoms with E-state index in [0.717, 1.165) is 5.56 Å². The Hall–Kier alpha value is -2.96. The Kier molecular flexibility index (Phi) is 6.82. The highest BCUT2D eigenvalue weighted by atomic mass is 32.2. The van der Waals surface area contributed by atoms with Crippen molar-refractivity contribution in [1.29, 1.82) is 0 Å². The van der Waals surface area contributed by atoms with Gasteiger partial charge >= 0.3 is 0 Å². The number of hydrogen-bond donors (Lipinski definition) is 1. The summed E-state index contributed by atoms with van der Waals surface area (Å²) in [6.45, 7) is 11.4. The number of ketones is 1. The molecule has 0 aliphatic heterocycles. The van der Waals surface area contributed by atoms with Crippen LogP contribution < -0.4 is 0 Å². The Labute approximate surface area is 195 Å². The zero-order chi connectivity index (χ0) is 24.7. The highest BCUT2D eigenvalue weighted by Crippen LogP contribution is 2.41.